The molecule has 2 aromatic carbocycles. The highest BCUT2D eigenvalue weighted by molar-refractivity contribution is 9.10. The van der Waals surface area contributed by atoms with Crippen LogP contribution in [0.3, 0.4) is 0 Å². The smallest absolute Gasteiger partial charge is 0.159 e. The van der Waals surface area contributed by atoms with Crippen molar-refractivity contribution in [3.05, 3.63) is 57.6 Å². The number of fused-ring (bicyclic) bond motifs is 1. The Hall–Kier alpha value is -1.26. The Morgan fingerprint density at radius 2 is 2.19 bits per heavy atom. The maximum absolute atomic E-state index is 11.4. The molecule has 4 heteroatoms. The molecule has 0 aromatic heterocycles. The molecule has 0 unspecified atom stereocenters. The van der Waals surface area contributed by atoms with Gasteiger partial charge in [-0.15, -0.1) is 11.8 Å². The summed E-state index contributed by atoms with van der Waals surface area (Å²) in [6, 6.07) is 12.0. The molecule has 1 aliphatic heterocycles. The zero-order chi connectivity index (χ0) is 14.8. The van der Waals surface area contributed by atoms with Crippen LogP contribution in [-0.4, -0.2) is 12.4 Å². The molecular weight excluding hydrogens is 348 g/mol. The maximum Gasteiger partial charge on any atom is 0.159 e. The van der Waals surface area contributed by atoms with Crippen LogP contribution in [0.25, 0.3) is 0 Å². The van der Waals surface area contributed by atoms with E-state index in [0.29, 0.717) is 0 Å². The van der Waals surface area contributed by atoms with E-state index in [9.17, 15) is 4.79 Å². The van der Waals surface area contributed by atoms with Crippen LogP contribution in [0.5, 0.6) is 5.75 Å². The minimum absolute atomic E-state index is 0.101. The number of ketones is 1. The van der Waals surface area contributed by atoms with Gasteiger partial charge in [0.15, 0.2) is 5.78 Å². The zero-order valence-electron chi connectivity index (χ0n) is 11.7. The fourth-order valence-electron chi connectivity index (χ4n) is 2.42. The van der Waals surface area contributed by atoms with Crippen LogP contribution in [0, 0.1) is 0 Å². The first-order valence-electron chi connectivity index (χ1n) is 6.81. The molecule has 1 heterocycles. The number of thioether (sulfide) groups is 1. The number of rotatable bonds is 4. The quantitative estimate of drug-likeness (QED) is 0.572. The molecule has 0 saturated carbocycles. The summed E-state index contributed by atoms with van der Waals surface area (Å²) in [4.78, 5) is 12.5. The van der Waals surface area contributed by atoms with Gasteiger partial charge in [-0.3, -0.25) is 4.79 Å². The van der Waals surface area contributed by atoms with E-state index in [4.69, 9.17) is 4.74 Å². The number of benzene rings is 2. The average molecular weight is 363 g/mol. The van der Waals surface area contributed by atoms with Crippen molar-refractivity contribution in [1.82, 2.24) is 0 Å². The van der Waals surface area contributed by atoms with Crippen molar-refractivity contribution >= 4 is 33.5 Å². The van der Waals surface area contributed by atoms with Gasteiger partial charge in [0.05, 0.1) is 6.61 Å². The Morgan fingerprint density at radius 3 is 3.00 bits per heavy atom. The molecular formula is C17H15BrO2S. The van der Waals surface area contributed by atoms with Gasteiger partial charge in [0.1, 0.15) is 5.75 Å². The Balaban J connectivity index is 1.79. The first kappa shape index (κ1) is 14.7. The summed E-state index contributed by atoms with van der Waals surface area (Å²) in [5, 5.41) is 0. The first-order valence-corrected chi connectivity index (χ1v) is 8.59. The largest absolute Gasteiger partial charge is 0.493 e. The molecule has 108 valence electrons. The molecule has 0 fully saturated rings. The van der Waals surface area contributed by atoms with Gasteiger partial charge in [-0.05, 0) is 36.8 Å². The summed E-state index contributed by atoms with van der Waals surface area (Å²) in [6.07, 6.45) is 0.978. The third kappa shape index (κ3) is 3.33. The van der Waals surface area contributed by atoms with Gasteiger partial charge in [0, 0.05) is 32.7 Å². The van der Waals surface area contributed by atoms with Crippen molar-refractivity contribution in [2.75, 3.05) is 6.61 Å². The number of hydrogen-bond acceptors (Lipinski definition) is 3. The van der Waals surface area contributed by atoms with Crippen LogP contribution >= 0.6 is 27.7 Å². The van der Waals surface area contributed by atoms with Gasteiger partial charge in [-0.25, -0.2) is 0 Å². The molecule has 0 radical (unpaired) electrons. The van der Waals surface area contributed by atoms with Crippen LogP contribution < -0.4 is 4.74 Å². The van der Waals surface area contributed by atoms with Crippen molar-refractivity contribution < 1.29 is 9.53 Å². The summed E-state index contributed by atoms with van der Waals surface area (Å²) in [5.41, 5.74) is 3.24. The lowest BCUT2D eigenvalue weighted by Gasteiger charge is -2.09. The van der Waals surface area contributed by atoms with Crippen LogP contribution in [0.2, 0.25) is 0 Å². The van der Waals surface area contributed by atoms with Gasteiger partial charge in [0.25, 0.3) is 0 Å². The van der Waals surface area contributed by atoms with Gasteiger partial charge < -0.3 is 4.74 Å². The van der Waals surface area contributed by atoms with Crippen molar-refractivity contribution in [2.45, 2.75) is 24.0 Å². The second kappa shape index (κ2) is 6.24. The number of Topliss-reactive ketones (excluding diaryl/α,β-unsaturated/α-hetero) is 1. The van der Waals surface area contributed by atoms with Crippen LogP contribution in [0.4, 0.5) is 0 Å². The number of carbonyl (C=O) groups excluding carboxylic acids is 1. The van der Waals surface area contributed by atoms with Gasteiger partial charge in [0.2, 0.25) is 0 Å². The van der Waals surface area contributed by atoms with Crippen molar-refractivity contribution in [1.29, 1.82) is 0 Å². The number of hydrogen-bond donors (Lipinski definition) is 0. The molecule has 0 atom stereocenters. The zero-order valence-corrected chi connectivity index (χ0v) is 14.1. The van der Waals surface area contributed by atoms with E-state index in [1.165, 1.54) is 11.1 Å². The van der Waals surface area contributed by atoms with Crippen LogP contribution in [0.1, 0.15) is 28.4 Å². The highest BCUT2D eigenvalue weighted by Crippen LogP contribution is 2.36. The molecule has 0 aliphatic carbocycles. The van der Waals surface area contributed by atoms with Crippen LogP contribution in [-0.2, 0) is 12.2 Å². The molecule has 0 saturated heterocycles. The first-order chi connectivity index (χ1) is 10.1. The lowest BCUT2D eigenvalue weighted by atomic mass is 10.1. The molecule has 3 rings (SSSR count). The Labute approximate surface area is 137 Å². The van der Waals surface area contributed by atoms with E-state index in [1.807, 2.05) is 24.3 Å². The Kier molecular flexibility index (Phi) is 4.36. The summed E-state index contributed by atoms with van der Waals surface area (Å²) >= 11 is 5.29. The van der Waals surface area contributed by atoms with Crippen molar-refractivity contribution in [3.63, 3.8) is 0 Å². The van der Waals surface area contributed by atoms with E-state index in [0.717, 1.165) is 39.5 Å². The fourth-order valence-corrected chi connectivity index (χ4v) is 3.89. The van der Waals surface area contributed by atoms with Gasteiger partial charge >= 0.3 is 0 Å². The summed E-state index contributed by atoms with van der Waals surface area (Å²) in [6.45, 7) is 2.36. The second-order valence-electron chi connectivity index (χ2n) is 5.02. The van der Waals surface area contributed by atoms with Crippen molar-refractivity contribution in [3.8, 4) is 5.75 Å². The van der Waals surface area contributed by atoms with Gasteiger partial charge in [-0.1, -0.05) is 28.1 Å². The predicted molar refractivity (Wildman–Crippen MR) is 89.3 cm³/mol. The number of halogens is 1. The SMILES string of the molecule is CC(=O)c1cccc(SCc2cc(Br)cc3c2OCC3)c1. The fraction of sp³-hybridized carbons (Fsp3) is 0.235. The van der Waals surface area contributed by atoms with E-state index in [2.05, 4.69) is 28.1 Å². The Bertz CT molecular complexity index is 697. The van der Waals surface area contributed by atoms with E-state index in [1.54, 1.807) is 18.7 Å². The van der Waals surface area contributed by atoms with E-state index < -0.39 is 0 Å². The highest BCUT2D eigenvalue weighted by atomic mass is 79.9. The molecule has 21 heavy (non-hydrogen) atoms. The number of carbonyl (C=O) groups is 1. The maximum atomic E-state index is 11.4. The molecule has 0 bridgehead atoms. The lowest BCUT2D eigenvalue weighted by Crippen LogP contribution is -1.92. The monoisotopic (exact) mass is 362 g/mol. The summed E-state index contributed by atoms with van der Waals surface area (Å²) in [5.74, 6) is 1.97. The average Bonchev–Trinajstić information content (AvgIpc) is 2.93. The molecule has 2 nitrogen and oxygen atoms in total. The third-order valence-corrected chi connectivity index (χ3v) is 4.96. The minimum Gasteiger partial charge on any atom is -0.493 e. The minimum atomic E-state index is 0.101. The molecule has 0 spiro atoms. The third-order valence-electron chi connectivity index (χ3n) is 3.46. The standard InChI is InChI=1S/C17H15BrO2S/c1-11(19)12-3-2-4-16(9-12)21-10-14-8-15(18)7-13-5-6-20-17(13)14/h2-4,7-9H,5-6,10H2,1H3. The summed E-state index contributed by atoms with van der Waals surface area (Å²) in [7, 11) is 0. The molecule has 0 amide bonds. The second-order valence-corrected chi connectivity index (χ2v) is 6.99. The van der Waals surface area contributed by atoms with E-state index in [-0.39, 0.29) is 5.78 Å². The topological polar surface area (TPSA) is 26.3 Å². The highest BCUT2D eigenvalue weighted by Gasteiger charge is 2.17. The molecule has 1 aliphatic rings. The lowest BCUT2D eigenvalue weighted by molar-refractivity contribution is 0.101. The van der Waals surface area contributed by atoms with E-state index >= 15 is 0 Å². The van der Waals surface area contributed by atoms with Crippen molar-refractivity contribution in [2.24, 2.45) is 0 Å². The predicted octanol–water partition coefficient (Wildman–Crippen LogP) is 4.88. The Morgan fingerprint density at radius 1 is 1.33 bits per heavy atom. The molecule has 0 N–H and O–H groups in total. The van der Waals surface area contributed by atoms with Gasteiger partial charge in [-0.2, -0.15) is 0 Å². The van der Waals surface area contributed by atoms with Crippen LogP contribution in [0.15, 0.2) is 45.8 Å². The summed E-state index contributed by atoms with van der Waals surface area (Å²) < 4.78 is 6.84. The number of ether oxygens (including phenoxy) is 1. The normalized spacial score (nSPS) is 12.9. The molecule has 2 aromatic rings.